The fraction of sp³-hybridized carbons (Fsp3) is 0.533. The molecule has 6 heteroatoms. The van der Waals surface area contributed by atoms with E-state index in [2.05, 4.69) is 21.2 Å². The van der Waals surface area contributed by atoms with Crippen molar-refractivity contribution in [1.29, 1.82) is 0 Å². The molecule has 1 aromatic carbocycles. The number of rotatable bonds is 2. The third-order valence-corrected chi connectivity index (χ3v) is 4.91. The summed E-state index contributed by atoms with van der Waals surface area (Å²) < 4.78 is 11.7. The van der Waals surface area contributed by atoms with Crippen molar-refractivity contribution >= 4 is 21.8 Å². The van der Waals surface area contributed by atoms with Crippen LogP contribution in [0.5, 0.6) is 5.75 Å². The van der Waals surface area contributed by atoms with Crippen molar-refractivity contribution in [3.63, 3.8) is 0 Å². The van der Waals surface area contributed by atoms with Gasteiger partial charge in [0, 0.05) is 23.1 Å². The summed E-state index contributed by atoms with van der Waals surface area (Å²) in [5.41, 5.74) is 2.73. The van der Waals surface area contributed by atoms with E-state index < -0.39 is 6.10 Å². The van der Waals surface area contributed by atoms with E-state index in [4.69, 9.17) is 9.47 Å². The normalized spacial score (nSPS) is 24.3. The van der Waals surface area contributed by atoms with Gasteiger partial charge in [-0.1, -0.05) is 15.9 Å². The summed E-state index contributed by atoms with van der Waals surface area (Å²) >= 11 is 3.50. The Kier molecular flexibility index (Phi) is 4.19. The van der Waals surface area contributed by atoms with Gasteiger partial charge in [0.15, 0.2) is 0 Å². The molecule has 0 saturated carbocycles. The van der Waals surface area contributed by atoms with Crippen molar-refractivity contribution < 1.29 is 19.4 Å². The van der Waals surface area contributed by atoms with Crippen molar-refractivity contribution in [2.75, 3.05) is 19.8 Å². The van der Waals surface area contributed by atoms with E-state index in [9.17, 15) is 9.90 Å². The molecule has 0 aliphatic carbocycles. The SMILES string of the molecule is Cc1c(Br)cc(C(=O)N[C@H]2CCOC[C@@H]2O)c2c1CCO2. The number of nitrogens with one attached hydrogen (secondary N) is 1. The minimum Gasteiger partial charge on any atom is -0.492 e. The number of aliphatic hydroxyl groups excluding tert-OH is 1. The van der Waals surface area contributed by atoms with Crippen molar-refractivity contribution in [2.24, 2.45) is 0 Å². The van der Waals surface area contributed by atoms with Gasteiger partial charge in [-0.2, -0.15) is 0 Å². The van der Waals surface area contributed by atoms with Gasteiger partial charge >= 0.3 is 0 Å². The van der Waals surface area contributed by atoms with E-state index in [1.165, 1.54) is 0 Å². The van der Waals surface area contributed by atoms with E-state index in [0.29, 0.717) is 30.9 Å². The lowest BCUT2D eigenvalue weighted by molar-refractivity contribution is -0.0261. The number of amides is 1. The molecule has 114 valence electrons. The van der Waals surface area contributed by atoms with Crippen molar-refractivity contribution in [1.82, 2.24) is 5.32 Å². The molecule has 0 radical (unpaired) electrons. The number of hydrogen-bond acceptors (Lipinski definition) is 4. The predicted octanol–water partition coefficient (Wildman–Crippen LogP) is 1.57. The smallest absolute Gasteiger partial charge is 0.255 e. The van der Waals surface area contributed by atoms with Crippen molar-refractivity contribution in [3.8, 4) is 5.75 Å². The molecule has 0 bridgehead atoms. The van der Waals surface area contributed by atoms with Gasteiger partial charge < -0.3 is 19.9 Å². The molecular formula is C15H18BrNO4. The number of ether oxygens (including phenoxy) is 2. The van der Waals surface area contributed by atoms with Gasteiger partial charge in [-0.15, -0.1) is 0 Å². The Bertz CT molecular complexity index is 575. The van der Waals surface area contributed by atoms with Crippen LogP contribution in [0.25, 0.3) is 0 Å². The first-order valence-corrected chi connectivity index (χ1v) is 7.88. The zero-order valence-corrected chi connectivity index (χ0v) is 13.4. The Morgan fingerprint density at radius 2 is 2.29 bits per heavy atom. The van der Waals surface area contributed by atoms with E-state index in [1.807, 2.05) is 6.92 Å². The van der Waals surface area contributed by atoms with Crippen LogP contribution < -0.4 is 10.1 Å². The molecule has 2 aliphatic heterocycles. The maximum Gasteiger partial charge on any atom is 0.255 e. The van der Waals surface area contributed by atoms with Gasteiger partial charge in [0.2, 0.25) is 0 Å². The standard InChI is InChI=1S/C15H18BrNO4/c1-8-9-2-5-21-14(9)10(6-11(8)16)15(19)17-12-3-4-20-7-13(12)18/h6,12-13,18H,2-5,7H2,1H3,(H,17,19)/t12-,13-/m0/s1. The first-order valence-electron chi connectivity index (χ1n) is 7.09. The lowest BCUT2D eigenvalue weighted by atomic mass is 10.0. The Morgan fingerprint density at radius 3 is 3.05 bits per heavy atom. The Labute approximate surface area is 131 Å². The van der Waals surface area contributed by atoms with Crippen molar-refractivity contribution in [3.05, 3.63) is 27.2 Å². The zero-order valence-electron chi connectivity index (χ0n) is 11.8. The molecule has 21 heavy (non-hydrogen) atoms. The monoisotopic (exact) mass is 355 g/mol. The summed E-state index contributed by atoms with van der Waals surface area (Å²) in [7, 11) is 0. The zero-order chi connectivity index (χ0) is 15.0. The number of carbonyl (C=O) groups excluding carboxylic acids is 1. The van der Waals surface area contributed by atoms with Gasteiger partial charge in [0.1, 0.15) is 5.75 Å². The summed E-state index contributed by atoms with van der Waals surface area (Å²) in [6.45, 7) is 3.43. The molecule has 3 rings (SSSR count). The van der Waals surface area contributed by atoms with Crippen LogP contribution in [0.2, 0.25) is 0 Å². The van der Waals surface area contributed by atoms with Gasteiger partial charge in [-0.3, -0.25) is 4.79 Å². The minimum atomic E-state index is -0.662. The fourth-order valence-corrected chi connectivity index (χ4v) is 3.27. The molecule has 0 unspecified atom stereocenters. The molecule has 2 heterocycles. The summed E-state index contributed by atoms with van der Waals surface area (Å²) in [5.74, 6) is 0.467. The third kappa shape index (κ3) is 2.80. The van der Waals surface area contributed by atoms with Gasteiger partial charge in [0.25, 0.3) is 5.91 Å². The fourth-order valence-electron chi connectivity index (χ4n) is 2.80. The third-order valence-electron chi connectivity index (χ3n) is 4.09. The van der Waals surface area contributed by atoms with E-state index in [1.54, 1.807) is 6.07 Å². The summed E-state index contributed by atoms with van der Waals surface area (Å²) in [6.07, 6.45) is 0.773. The molecular weight excluding hydrogens is 338 g/mol. The lowest BCUT2D eigenvalue weighted by Gasteiger charge is -2.28. The van der Waals surface area contributed by atoms with Crippen LogP contribution in [0, 0.1) is 6.92 Å². The molecule has 0 spiro atoms. The second-order valence-corrected chi connectivity index (χ2v) is 6.30. The molecule has 1 amide bonds. The number of carbonyl (C=O) groups is 1. The summed E-state index contributed by atoms with van der Waals surface area (Å²) in [6, 6.07) is 1.52. The van der Waals surface area contributed by atoms with E-state index in [-0.39, 0.29) is 18.6 Å². The van der Waals surface area contributed by atoms with Crippen LogP contribution in [0.15, 0.2) is 10.5 Å². The highest BCUT2D eigenvalue weighted by atomic mass is 79.9. The maximum absolute atomic E-state index is 12.5. The lowest BCUT2D eigenvalue weighted by Crippen LogP contribution is -2.48. The Balaban J connectivity index is 1.85. The quantitative estimate of drug-likeness (QED) is 0.844. The van der Waals surface area contributed by atoms with Crippen molar-refractivity contribution in [2.45, 2.75) is 31.9 Å². The average Bonchev–Trinajstić information content (AvgIpc) is 2.95. The number of hydrogen-bond donors (Lipinski definition) is 2. The average molecular weight is 356 g/mol. The first-order chi connectivity index (χ1) is 10.1. The molecule has 0 aromatic heterocycles. The maximum atomic E-state index is 12.5. The largest absolute Gasteiger partial charge is 0.492 e. The summed E-state index contributed by atoms with van der Waals surface area (Å²) in [4.78, 5) is 12.5. The molecule has 1 aromatic rings. The minimum absolute atomic E-state index is 0.209. The second kappa shape index (κ2) is 5.94. The van der Waals surface area contributed by atoms with Gasteiger partial charge in [-0.25, -0.2) is 0 Å². The predicted molar refractivity (Wildman–Crippen MR) is 80.8 cm³/mol. The molecule has 1 fully saturated rings. The second-order valence-electron chi connectivity index (χ2n) is 5.45. The molecule has 1 saturated heterocycles. The van der Waals surface area contributed by atoms with Crippen LogP contribution in [0.1, 0.15) is 27.9 Å². The van der Waals surface area contributed by atoms with E-state index >= 15 is 0 Å². The topological polar surface area (TPSA) is 67.8 Å². The number of fused-ring (bicyclic) bond motifs is 1. The molecule has 5 nitrogen and oxygen atoms in total. The summed E-state index contributed by atoms with van der Waals surface area (Å²) in [5, 5.41) is 12.8. The van der Waals surface area contributed by atoms with Crippen LogP contribution >= 0.6 is 15.9 Å². The molecule has 2 aliphatic rings. The van der Waals surface area contributed by atoms with Crippen LogP contribution in [0.4, 0.5) is 0 Å². The van der Waals surface area contributed by atoms with Crippen LogP contribution in [-0.2, 0) is 11.2 Å². The molecule has 2 N–H and O–H groups in total. The molecule has 2 atom stereocenters. The highest BCUT2D eigenvalue weighted by Gasteiger charge is 2.29. The van der Waals surface area contributed by atoms with Gasteiger partial charge in [0.05, 0.1) is 30.9 Å². The van der Waals surface area contributed by atoms with Gasteiger partial charge in [-0.05, 0) is 25.0 Å². The number of halogens is 1. The number of benzene rings is 1. The highest BCUT2D eigenvalue weighted by Crippen LogP contribution is 2.36. The van der Waals surface area contributed by atoms with E-state index in [0.717, 1.165) is 22.0 Å². The first kappa shape index (κ1) is 14.8. The van der Waals surface area contributed by atoms with Crippen LogP contribution in [0.3, 0.4) is 0 Å². The Hall–Kier alpha value is -1.11. The van der Waals surface area contributed by atoms with Crippen LogP contribution in [-0.4, -0.2) is 43.0 Å². The highest BCUT2D eigenvalue weighted by molar-refractivity contribution is 9.10. The number of aliphatic hydroxyl groups is 1. The Morgan fingerprint density at radius 1 is 1.48 bits per heavy atom.